The van der Waals surface area contributed by atoms with Crippen LogP contribution in [0.25, 0.3) is 22.2 Å². The maximum Gasteiger partial charge on any atom is 0.324 e. The maximum absolute atomic E-state index is 14.7. The SMILES string of the molecule is CCO[C@@H]1C2=NC(CS2)c2ccc3c(c2)c(c(-c2cc([C@@H]4C[C@H]5COC[C@@H](C4)N5C4CC4)cnc2[C@H](C)OC)n3CC)CC(C)(C)COC(=O)[C@@H]2CCCN(N2)C(=O)[C@H]1NC(=O)[C@H]1[C@H](C)[C@@H]1C. The van der Waals surface area contributed by atoms with Crippen LogP contribution in [0.2, 0.25) is 0 Å². The van der Waals surface area contributed by atoms with E-state index < -0.39 is 29.6 Å². The van der Waals surface area contributed by atoms with Gasteiger partial charge in [0.25, 0.3) is 5.91 Å². The molecule has 3 saturated heterocycles. The van der Waals surface area contributed by atoms with Gasteiger partial charge in [-0.15, -0.1) is 11.8 Å². The second-order valence-electron chi connectivity index (χ2n) is 21.3. The first-order chi connectivity index (χ1) is 32.3. The first kappa shape index (κ1) is 46.8. The molecule has 0 spiro atoms. The number of aromatic nitrogens is 2. The third-order valence-corrected chi connectivity index (χ3v) is 17.2. The van der Waals surface area contributed by atoms with Crippen molar-refractivity contribution in [3.8, 4) is 11.3 Å². The highest BCUT2D eigenvalue weighted by Crippen LogP contribution is 2.48. The van der Waals surface area contributed by atoms with E-state index in [2.05, 4.69) is 92.2 Å². The third-order valence-electron chi connectivity index (χ3n) is 16.1. The Morgan fingerprint density at radius 1 is 1.04 bits per heavy atom. The number of methoxy groups -OCH3 is 1. The molecule has 67 heavy (non-hydrogen) atoms. The summed E-state index contributed by atoms with van der Waals surface area (Å²) in [5.41, 5.74) is 10.5. The Labute approximate surface area is 400 Å². The summed E-state index contributed by atoms with van der Waals surface area (Å²) >= 11 is 1.59. The van der Waals surface area contributed by atoms with Crippen LogP contribution in [0.5, 0.6) is 0 Å². The van der Waals surface area contributed by atoms with Crippen molar-refractivity contribution in [3.05, 3.63) is 52.8 Å². The number of carbonyl (C=O) groups is 3. The molecule has 3 aromatic rings. The van der Waals surface area contributed by atoms with Crippen LogP contribution in [-0.2, 0) is 46.3 Å². The second kappa shape index (κ2) is 18.8. The first-order valence-corrected chi connectivity index (χ1v) is 26.2. The number of morpholine rings is 1. The molecule has 1 aromatic carbocycles. The number of rotatable bonds is 10. The van der Waals surface area contributed by atoms with Gasteiger partial charge in [-0.2, -0.15) is 0 Å². The van der Waals surface area contributed by atoms with Crippen LogP contribution in [0.3, 0.4) is 0 Å². The summed E-state index contributed by atoms with van der Waals surface area (Å²) in [6.45, 7) is 17.8. The minimum atomic E-state index is -1.04. The number of hydrazine groups is 1. The van der Waals surface area contributed by atoms with Crippen LogP contribution in [0.15, 0.2) is 35.5 Å². The number of thioether (sulfide) groups is 1. The highest BCUT2D eigenvalue weighted by atomic mass is 32.2. The van der Waals surface area contributed by atoms with Crippen LogP contribution < -0.4 is 10.7 Å². The van der Waals surface area contributed by atoms with E-state index in [1.807, 2.05) is 6.92 Å². The molecule has 2 aliphatic carbocycles. The van der Waals surface area contributed by atoms with Crippen molar-refractivity contribution in [3.63, 3.8) is 0 Å². The molecule has 2 N–H and O–H groups in total. The molecule has 2 saturated carbocycles. The molecule has 2 amide bonds. The molecule has 7 aliphatic rings. The van der Waals surface area contributed by atoms with Gasteiger partial charge in [0.15, 0.2) is 0 Å². The van der Waals surface area contributed by atoms with Gasteiger partial charge in [0.1, 0.15) is 23.2 Å². The van der Waals surface area contributed by atoms with E-state index in [1.54, 1.807) is 18.9 Å². The van der Waals surface area contributed by atoms with Crippen LogP contribution in [-0.4, -0.2) is 124 Å². The number of nitrogens with one attached hydrogen (secondary N) is 2. The number of nitrogens with zero attached hydrogens (tertiary/aromatic N) is 5. The maximum atomic E-state index is 14.7. The average Bonchev–Trinajstić information content (AvgIpc) is 4.18. The summed E-state index contributed by atoms with van der Waals surface area (Å²) in [5.74, 6) is 0.395. The normalized spacial score (nSPS) is 32.7. The number of benzene rings is 1. The number of hydrogen-bond acceptors (Lipinski definition) is 12. The molecule has 2 aromatic heterocycles. The number of pyridine rings is 1. The summed E-state index contributed by atoms with van der Waals surface area (Å²) in [4.78, 5) is 56.0. The first-order valence-electron chi connectivity index (χ1n) is 25.2. The number of carbonyl (C=O) groups excluding carboxylic acids is 3. The lowest BCUT2D eigenvalue weighted by Gasteiger charge is -2.49. The van der Waals surface area contributed by atoms with Gasteiger partial charge in [0, 0.05) is 84.7 Å². The highest BCUT2D eigenvalue weighted by Gasteiger charge is 2.51. The predicted octanol–water partition coefficient (Wildman–Crippen LogP) is 7.14. The van der Waals surface area contributed by atoms with E-state index in [0.29, 0.717) is 67.3 Å². The summed E-state index contributed by atoms with van der Waals surface area (Å²) in [5, 5.41) is 6.45. The number of aryl methyl sites for hydroxylation is 1. The van der Waals surface area contributed by atoms with E-state index >= 15 is 0 Å². The number of fused-ring (bicyclic) bond motifs is 7. The van der Waals surface area contributed by atoms with Crippen molar-refractivity contribution >= 4 is 45.5 Å². The summed E-state index contributed by atoms with van der Waals surface area (Å²) in [6, 6.07) is 8.75. The Hall–Kier alpha value is -3.86. The second-order valence-corrected chi connectivity index (χ2v) is 22.3. The standard InChI is InChI=1S/C52H71N7O7S/c1-9-57-42-16-13-31-20-37(42)39(46(57)38-21-33(23-53-44(38)30(5)63-8)32-18-35-24-64-25-36(19-32)59(35)34-14-15-34)22-52(6,7)27-66-51(62)40-12-11-17-58(56-40)50(61)45(55-48(60)43-28(3)29(43)4)47(65-10-2)49-54-41(31)26-67-49/h13,16,20-21,23,28-30,32,34-36,40-41,43,45,47,56H,9-12,14-15,17-19,22,24-27H2,1-8H3,(H,55,60)/t28-,29+,30-,32-,35+,36-,40-,41?,43+,45-,47-/m0/s1. The average molecular weight is 938 g/mol. The van der Waals surface area contributed by atoms with Crippen molar-refractivity contribution < 1.29 is 33.3 Å². The Balaban J connectivity index is 1.09. The van der Waals surface area contributed by atoms with Crippen LogP contribution in [0.4, 0.5) is 0 Å². The molecular weight excluding hydrogens is 867 g/mol. The van der Waals surface area contributed by atoms with Gasteiger partial charge in [-0.05, 0) is 118 Å². The highest BCUT2D eigenvalue weighted by molar-refractivity contribution is 8.14. The molecule has 14 nitrogen and oxygen atoms in total. The smallest absolute Gasteiger partial charge is 0.324 e. The fourth-order valence-electron chi connectivity index (χ4n) is 12.0. The predicted molar refractivity (Wildman–Crippen MR) is 260 cm³/mol. The lowest BCUT2D eigenvalue weighted by atomic mass is 9.80. The van der Waals surface area contributed by atoms with Crippen molar-refractivity contribution in [2.24, 2.45) is 28.2 Å². The molecule has 15 heteroatoms. The minimum absolute atomic E-state index is 0.158. The zero-order chi connectivity index (χ0) is 46.9. The van der Waals surface area contributed by atoms with E-state index in [-0.39, 0.29) is 48.3 Å². The minimum Gasteiger partial charge on any atom is -0.464 e. The monoisotopic (exact) mass is 938 g/mol. The van der Waals surface area contributed by atoms with Gasteiger partial charge in [0.05, 0.1) is 43.4 Å². The molecule has 11 atom stereocenters. The Morgan fingerprint density at radius 2 is 1.81 bits per heavy atom. The summed E-state index contributed by atoms with van der Waals surface area (Å²) in [6.07, 6.45) is 7.49. The zero-order valence-corrected chi connectivity index (χ0v) is 41.5. The van der Waals surface area contributed by atoms with Crippen molar-refractivity contribution in [2.45, 2.75) is 154 Å². The van der Waals surface area contributed by atoms with E-state index in [9.17, 15) is 14.4 Å². The number of esters is 1. The molecule has 10 rings (SSSR count). The number of hydrogen-bond donors (Lipinski definition) is 2. The van der Waals surface area contributed by atoms with E-state index in [4.69, 9.17) is 28.9 Å². The number of cyclic esters (lactones) is 1. The van der Waals surface area contributed by atoms with Gasteiger partial charge in [0.2, 0.25) is 5.91 Å². The topological polar surface area (TPSA) is 149 Å². The molecule has 7 heterocycles. The van der Waals surface area contributed by atoms with Crippen molar-refractivity contribution in [1.82, 2.24) is 30.2 Å². The Kier molecular flexibility index (Phi) is 13.1. The molecular formula is C52H71N7O7S. The van der Waals surface area contributed by atoms with Crippen LogP contribution >= 0.6 is 11.8 Å². The molecule has 1 unspecified atom stereocenters. The fourth-order valence-corrected chi connectivity index (χ4v) is 13.2. The number of ether oxygens (including phenoxy) is 4. The molecule has 5 aliphatic heterocycles. The molecule has 0 radical (unpaired) electrons. The van der Waals surface area contributed by atoms with E-state index in [0.717, 1.165) is 66.0 Å². The van der Waals surface area contributed by atoms with Crippen LogP contribution in [0, 0.1) is 23.2 Å². The number of aliphatic imine (C=N–C) groups is 1. The van der Waals surface area contributed by atoms with Gasteiger partial charge in [-0.3, -0.25) is 34.3 Å². The molecule has 8 bridgehead atoms. The summed E-state index contributed by atoms with van der Waals surface area (Å²) in [7, 11) is 1.75. The number of piperidine rings is 1. The fraction of sp³-hybridized carbons (Fsp3) is 0.673. The largest absolute Gasteiger partial charge is 0.464 e. The van der Waals surface area contributed by atoms with Crippen LogP contribution in [0.1, 0.15) is 127 Å². The Morgan fingerprint density at radius 3 is 2.49 bits per heavy atom. The van der Waals surface area contributed by atoms with Gasteiger partial charge in [-0.1, -0.05) is 33.8 Å². The van der Waals surface area contributed by atoms with Gasteiger partial charge >= 0.3 is 5.97 Å². The third kappa shape index (κ3) is 8.99. The summed E-state index contributed by atoms with van der Waals surface area (Å²) < 4.78 is 27.3. The lowest BCUT2D eigenvalue weighted by Crippen LogP contribution is -2.63. The van der Waals surface area contributed by atoms with E-state index in [1.165, 1.54) is 29.0 Å². The van der Waals surface area contributed by atoms with Crippen molar-refractivity contribution in [1.29, 1.82) is 0 Å². The lowest BCUT2D eigenvalue weighted by molar-refractivity contribution is -0.156. The Bertz CT molecular complexity index is 2400. The number of amides is 2. The zero-order valence-electron chi connectivity index (χ0n) is 40.7. The molecule has 5 fully saturated rings. The van der Waals surface area contributed by atoms with Gasteiger partial charge in [-0.25, -0.2) is 5.43 Å². The molecule has 362 valence electrons. The van der Waals surface area contributed by atoms with Crippen molar-refractivity contribution in [2.75, 3.05) is 45.8 Å². The van der Waals surface area contributed by atoms with Gasteiger partial charge < -0.3 is 28.8 Å². The quantitative estimate of drug-likeness (QED) is 0.200.